The average Bonchev–Trinajstić information content (AvgIpc) is 4.24. The zero-order chi connectivity index (χ0) is 55.2. The molecule has 2 aromatic carbocycles. The normalized spacial score (nSPS) is 19.0. The quantitative estimate of drug-likeness (QED) is 0.0273. The maximum absolute atomic E-state index is 14.3. The summed E-state index contributed by atoms with van der Waals surface area (Å²) in [6, 6.07) is 6.26. The van der Waals surface area contributed by atoms with E-state index in [1.807, 2.05) is 44.0 Å². The summed E-state index contributed by atoms with van der Waals surface area (Å²) in [4.78, 5) is 100. The van der Waals surface area contributed by atoms with Gasteiger partial charge in [0, 0.05) is 87.4 Å². The van der Waals surface area contributed by atoms with Crippen molar-refractivity contribution in [2.75, 3.05) is 77.7 Å². The van der Waals surface area contributed by atoms with E-state index in [1.165, 1.54) is 50.6 Å². The molecule has 5 aliphatic heterocycles. The fourth-order valence-corrected chi connectivity index (χ4v) is 12.1. The summed E-state index contributed by atoms with van der Waals surface area (Å²) in [5, 5.41) is 2.88. The number of amides is 6. The zero-order valence-electron chi connectivity index (χ0n) is 44.8. The highest BCUT2D eigenvalue weighted by Crippen LogP contribution is 2.39. The Morgan fingerprint density at radius 3 is 2.32 bits per heavy atom. The van der Waals surface area contributed by atoms with E-state index in [1.54, 1.807) is 17.0 Å². The number of nitrogens with two attached hydrogens (primary N) is 1. The Labute approximate surface area is 459 Å². The second kappa shape index (κ2) is 27.3. The monoisotopic (exact) mass is 1100 g/mol. The summed E-state index contributed by atoms with van der Waals surface area (Å²) in [5.41, 5.74) is 10.9. The molecule has 0 radical (unpaired) electrons. The van der Waals surface area contributed by atoms with Gasteiger partial charge in [-0.15, -0.1) is 0 Å². The number of nitrogens with zero attached hydrogens (tertiary/aromatic N) is 5. The van der Waals surface area contributed by atoms with Crippen molar-refractivity contribution in [2.45, 2.75) is 121 Å². The van der Waals surface area contributed by atoms with Crippen molar-refractivity contribution in [3.8, 4) is 17.2 Å². The predicted molar refractivity (Wildman–Crippen MR) is 297 cm³/mol. The van der Waals surface area contributed by atoms with Gasteiger partial charge in [-0.3, -0.25) is 43.6 Å². The number of hydrogen-bond acceptors (Lipinski definition) is 16. The Kier molecular flexibility index (Phi) is 20.7. The second-order valence-corrected chi connectivity index (χ2v) is 23.7. The number of anilines is 1. The van der Waals surface area contributed by atoms with Crippen molar-refractivity contribution in [3.63, 3.8) is 0 Å². The number of carbonyl (C=O) groups excluding carboxylic acids is 7. The number of likely N-dealkylation sites (tertiary alicyclic amines) is 1. The number of hydrogen-bond donors (Lipinski definition) is 2. The van der Waals surface area contributed by atoms with Gasteiger partial charge in [-0.05, 0) is 89.8 Å². The fourth-order valence-electron chi connectivity index (χ4n) is 9.68. The molecule has 6 amide bonds. The summed E-state index contributed by atoms with van der Waals surface area (Å²) in [6.45, 7) is 17.1. The molecule has 19 nitrogen and oxygen atoms in total. The molecular weight excluding hydrogens is 1030 g/mol. The second-order valence-electron chi connectivity index (χ2n) is 20.6. The van der Waals surface area contributed by atoms with Crippen molar-refractivity contribution in [2.24, 2.45) is 4.99 Å². The number of nitrogens with one attached hydrogen (secondary N) is 1. The molecule has 0 aromatic heterocycles. The smallest absolute Gasteiger partial charge is 0.412 e. The van der Waals surface area contributed by atoms with Crippen LogP contribution < -0.4 is 25.3 Å². The molecule has 416 valence electrons. The standard InChI is InChI=1S/C56H73N7O12S2/c1-36-26-39-32-59-44-31-46(38(3)28-42(44)53(69)62(39)33-36)72-22-11-8-12-23-73-48-30-43(57)41(29-47(48)71-6)52(68)63-34-37(2)27-45(63)54-61(21-24-74-54)55(70)75-35-56(4,5)77-76-25-18-49(65)58-19-13-15-40(64)14-9-7-10-20-60-50(66)16-17-51(60)67/h16-17,28-32,39,45,54H,1-2,7-15,18-27,33-35,57H2,3-6H3,(H,58,65)/t39-,45-,54?/m0/s1. The Bertz CT molecular complexity index is 2620. The van der Waals surface area contributed by atoms with Gasteiger partial charge in [-0.2, -0.15) is 0 Å². The Morgan fingerprint density at radius 1 is 0.857 bits per heavy atom. The third-order valence-corrected chi connectivity index (χ3v) is 17.1. The minimum atomic E-state index is -0.773. The number of methoxy groups -OCH3 is 1. The number of unbranched alkanes of at least 4 members (excludes halogenated alkanes) is 4. The van der Waals surface area contributed by atoms with E-state index in [2.05, 4.69) is 23.5 Å². The molecule has 0 aliphatic carbocycles. The van der Waals surface area contributed by atoms with Gasteiger partial charge < -0.3 is 44.5 Å². The number of carbonyl (C=O) groups is 7. The topological polar surface area (TPSA) is 229 Å². The Morgan fingerprint density at radius 2 is 1.57 bits per heavy atom. The lowest BCUT2D eigenvalue weighted by molar-refractivity contribution is -0.137. The van der Waals surface area contributed by atoms with Crippen LogP contribution in [0.1, 0.15) is 117 Å². The van der Waals surface area contributed by atoms with Crippen molar-refractivity contribution in [3.05, 3.63) is 77.4 Å². The van der Waals surface area contributed by atoms with Crippen LogP contribution >= 0.6 is 21.6 Å². The summed E-state index contributed by atoms with van der Waals surface area (Å²) >= 11 is 0. The maximum atomic E-state index is 14.3. The van der Waals surface area contributed by atoms with Crippen LogP contribution in [0.2, 0.25) is 0 Å². The first kappa shape index (κ1) is 58.4. The molecule has 3 atom stereocenters. The van der Waals surface area contributed by atoms with Crippen molar-refractivity contribution < 1.29 is 57.2 Å². The molecule has 3 saturated heterocycles. The number of aryl methyl sites for hydroxylation is 1. The van der Waals surface area contributed by atoms with Gasteiger partial charge in [-0.1, -0.05) is 52.3 Å². The maximum Gasteiger partial charge on any atom is 0.412 e. The number of fused-ring (bicyclic) bond motifs is 2. The minimum absolute atomic E-state index is 0.0386. The van der Waals surface area contributed by atoms with Gasteiger partial charge >= 0.3 is 6.09 Å². The van der Waals surface area contributed by atoms with E-state index < -0.39 is 23.1 Å². The van der Waals surface area contributed by atoms with Crippen molar-refractivity contribution in [1.82, 2.24) is 24.9 Å². The molecule has 77 heavy (non-hydrogen) atoms. The van der Waals surface area contributed by atoms with E-state index in [-0.39, 0.29) is 78.9 Å². The number of Topliss-reactive ketones (excluding diaryl/α,β-unsaturated/α-hetero) is 1. The van der Waals surface area contributed by atoms with E-state index >= 15 is 0 Å². The molecule has 3 N–H and O–H groups in total. The molecule has 5 heterocycles. The molecule has 3 fully saturated rings. The third-order valence-electron chi connectivity index (χ3n) is 13.8. The molecule has 21 heteroatoms. The van der Waals surface area contributed by atoms with Gasteiger partial charge in [0.15, 0.2) is 17.7 Å². The third kappa shape index (κ3) is 15.7. The van der Waals surface area contributed by atoms with Crippen LogP contribution in [0.25, 0.3) is 0 Å². The van der Waals surface area contributed by atoms with Crippen molar-refractivity contribution >= 4 is 80.6 Å². The fraction of sp³-hybridized carbons (Fsp3) is 0.536. The summed E-state index contributed by atoms with van der Waals surface area (Å²) < 4.78 is 29.4. The average molecular weight is 1100 g/mol. The highest BCUT2D eigenvalue weighted by atomic mass is 33.1. The number of nitrogen functional groups attached to an aromatic ring is 1. The first-order valence-electron chi connectivity index (χ1n) is 26.5. The molecule has 2 aromatic rings. The summed E-state index contributed by atoms with van der Waals surface area (Å²) in [7, 11) is 4.52. The van der Waals surface area contributed by atoms with Crippen LogP contribution in [-0.2, 0) is 28.7 Å². The van der Waals surface area contributed by atoms with Gasteiger partial charge in [0.25, 0.3) is 23.6 Å². The molecule has 1 unspecified atom stereocenters. The minimum Gasteiger partial charge on any atom is -0.493 e. The first-order valence-corrected chi connectivity index (χ1v) is 28.8. The molecule has 0 bridgehead atoms. The highest BCUT2D eigenvalue weighted by Gasteiger charge is 2.45. The van der Waals surface area contributed by atoms with Crippen LogP contribution in [0, 0.1) is 6.92 Å². The lowest BCUT2D eigenvalue weighted by Gasteiger charge is -2.33. The van der Waals surface area contributed by atoms with Gasteiger partial charge in [0.1, 0.15) is 18.1 Å². The van der Waals surface area contributed by atoms with Crippen LogP contribution in [-0.4, -0.2) is 162 Å². The number of ether oxygens (including phenoxy) is 5. The number of rotatable bonds is 28. The van der Waals surface area contributed by atoms with Crippen molar-refractivity contribution in [1.29, 1.82) is 0 Å². The van der Waals surface area contributed by atoms with Crippen LogP contribution in [0.3, 0.4) is 0 Å². The lowest BCUT2D eigenvalue weighted by Crippen LogP contribution is -2.51. The van der Waals surface area contributed by atoms with Gasteiger partial charge in [0.05, 0.1) is 67.1 Å². The van der Waals surface area contributed by atoms with Crippen LogP contribution in [0.5, 0.6) is 17.2 Å². The van der Waals surface area contributed by atoms with Gasteiger partial charge in [0.2, 0.25) is 5.91 Å². The lowest BCUT2D eigenvalue weighted by atomic mass is 10.1. The van der Waals surface area contributed by atoms with Crippen LogP contribution in [0.15, 0.2) is 65.7 Å². The molecule has 5 aliphatic rings. The summed E-state index contributed by atoms with van der Waals surface area (Å²) in [6.07, 6.45) is 10.2. The van der Waals surface area contributed by atoms with E-state index in [0.29, 0.717) is 112 Å². The Hall–Kier alpha value is -6.32. The first-order chi connectivity index (χ1) is 36.9. The van der Waals surface area contributed by atoms with Crippen LogP contribution in [0.4, 0.5) is 16.2 Å². The van der Waals surface area contributed by atoms with Gasteiger partial charge in [-0.25, -0.2) is 4.79 Å². The Balaban J connectivity index is 0.787. The molecule has 7 rings (SSSR count). The molecule has 0 spiro atoms. The van der Waals surface area contributed by atoms with E-state index in [9.17, 15) is 33.6 Å². The predicted octanol–water partition coefficient (Wildman–Crippen LogP) is 7.77. The number of imide groups is 1. The van der Waals surface area contributed by atoms with E-state index in [0.717, 1.165) is 48.8 Å². The van der Waals surface area contributed by atoms with E-state index in [4.69, 9.17) is 29.4 Å². The SMILES string of the molecule is C=C1C[C@H]2C=Nc3cc(OCCCCCOc4cc(N)c(C(=O)N5CC(=C)C[C@H]5C5OCCN5C(=O)OCC(C)(C)SSCCC(=O)NCCCC(=O)CCCCCN5C(=O)C=CC5=O)cc4OC)c(C)cc3C(=O)N2C1. The number of benzene rings is 2. The molecule has 0 saturated carbocycles. The number of aliphatic imine (C=N–C) groups is 1. The zero-order valence-corrected chi connectivity index (χ0v) is 46.4. The molecular formula is C56H73N7O12S2. The highest BCUT2D eigenvalue weighted by molar-refractivity contribution is 8.77. The summed E-state index contributed by atoms with van der Waals surface area (Å²) in [5.74, 6) is 1.02. The number of ketones is 1. The largest absolute Gasteiger partial charge is 0.493 e.